The number of hydrogen-bond donors (Lipinski definition) is 1. The van der Waals surface area contributed by atoms with Gasteiger partial charge >= 0.3 is 6.09 Å². The lowest BCUT2D eigenvalue weighted by atomic mass is 9.72. The number of likely N-dealkylation sites (tertiary alicyclic amines) is 1. The number of fused-ring (bicyclic) bond motifs is 1. The van der Waals surface area contributed by atoms with Crippen molar-refractivity contribution in [2.75, 3.05) is 42.9 Å². The molecular weight excluding hydrogens is 620 g/mol. The van der Waals surface area contributed by atoms with E-state index >= 15 is 0 Å². The predicted octanol–water partition coefficient (Wildman–Crippen LogP) is 5.01. The fourth-order valence-electron chi connectivity index (χ4n) is 5.81. The Bertz CT molecular complexity index is 1900. The van der Waals surface area contributed by atoms with Gasteiger partial charge in [-0.25, -0.2) is 41.9 Å². The average molecular weight is 654 g/mol. The molecule has 1 amide bonds. The number of hydrogen-bond acceptors (Lipinski definition) is 10. The van der Waals surface area contributed by atoms with Crippen LogP contribution in [0.5, 0.6) is 5.88 Å². The summed E-state index contributed by atoms with van der Waals surface area (Å²) in [7, 11) is -3.39. The summed E-state index contributed by atoms with van der Waals surface area (Å²) in [5, 5.41) is 0. The highest BCUT2D eigenvalue weighted by Gasteiger charge is 2.48. The Morgan fingerprint density at radius 1 is 1.02 bits per heavy atom. The van der Waals surface area contributed by atoms with Crippen LogP contribution in [0.2, 0.25) is 0 Å². The number of anilines is 2. The van der Waals surface area contributed by atoms with E-state index < -0.39 is 32.2 Å². The number of nitrogens with one attached hydrogen (secondary N) is 1. The minimum Gasteiger partial charge on any atom is -0.480 e. The standard InChI is InChI=1S/C31H33F2N7O5S/c1-30(2,3)45-29(41)40-16-31(17-40)10-12-39(13-11-31)27-25-23(35-18-36-27)9-8-22(37-25)19-14-24(28(44-4)34-15-19)38-46(42,43)26-20(32)6-5-7-21(26)33/h5-9,14-15,18,38H,10-13,16-17H2,1-4H3. The van der Waals surface area contributed by atoms with Gasteiger partial charge in [-0.05, 0) is 63.9 Å². The zero-order chi connectivity index (χ0) is 32.9. The van der Waals surface area contributed by atoms with Gasteiger partial charge < -0.3 is 19.3 Å². The van der Waals surface area contributed by atoms with Gasteiger partial charge in [-0.1, -0.05) is 6.07 Å². The minimum absolute atomic E-state index is 0.0406. The smallest absolute Gasteiger partial charge is 0.410 e. The summed E-state index contributed by atoms with van der Waals surface area (Å²) >= 11 is 0. The topological polar surface area (TPSA) is 140 Å². The van der Waals surface area contributed by atoms with Crippen LogP contribution in [0.1, 0.15) is 33.6 Å². The molecule has 2 fully saturated rings. The first-order valence-corrected chi connectivity index (χ1v) is 16.1. The average Bonchev–Trinajstić information content (AvgIpc) is 2.98. The van der Waals surface area contributed by atoms with Crippen LogP contribution < -0.4 is 14.4 Å². The molecule has 5 heterocycles. The second-order valence-corrected chi connectivity index (χ2v) is 14.1. The summed E-state index contributed by atoms with van der Waals surface area (Å²) in [6.45, 7) is 8.29. The molecule has 0 radical (unpaired) electrons. The highest BCUT2D eigenvalue weighted by atomic mass is 32.2. The van der Waals surface area contributed by atoms with Crippen LogP contribution in [0.3, 0.4) is 0 Å². The summed E-state index contributed by atoms with van der Waals surface area (Å²) in [6, 6.07) is 7.71. The number of benzene rings is 1. The maximum Gasteiger partial charge on any atom is 0.410 e. The van der Waals surface area contributed by atoms with Crippen molar-refractivity contribution in [3.63, 3.8) is 0 Å². The Morgan fingerprint density at radius 3 is 2.37 bits per heavy atom. The van der Waals surface area contributed by atoms with Gasteiger partial charge in [0, 0.05) is 43.4 Å². The fraction of sp³-hybridized carbons (Fsp3) is 0.387. The number of aromatic nitrogens is 4. The zero-order valence-electron chi connectivity index (χ0n) is 25.8. The maximum atomic E-state index is 14.3. The van der Waals surface area contributed by atoms with Crippen LogP contribution in [0.15, 0.2) is 53.8 Å². The van der Waals surface area contributed by atoms with Crippen LogP contribution in [0.25, 0.3) is 22.3 Å². The van der Waals surface area contributed by atoms with E-state index in [9.17, 15) is 22.0 Å². The Labute approximate surface area is 264 Å². The van der Waals surface area contributed by atoms with Crippen molar-refractivity contribution in [3.05, 3.63) is 60.6 Å². The van der Waals surface area contributed by atoms with E-state index in [1.54, 1.807) is 17.0 Å². The zero-order valence-corrected chi connectivity index (χ0v) is 26.6. The molecule has 1 aromatic carbocycles. The maximum absolute atomic E-state index is 14.3. The summed E-state index contributed by atoms with van der Waals surface area (Å²) < 4.78 is 67.6. The summed E-state index contributed by atoms with van der Waals surface area (Å²) in [5.41, 5.74) is 1.39. The van der Waals surface area contributed by atoms with Crippen LogP contribution in [-0.4, -0.2) is 78.2 Å². The molecule has 2 saturated heterocycles. The second-order valence-electron chi connectivity index (χ2n) is 12.5. The van der Waals surface area contributed by atoms with E-state index in [-0.39, 0.29) is 23.1 Å². The van der Waals surface area contributed by atoms with Gasteiger partial charge in [0.2, 0.25) is 5.88 Å². The molecule has 2 aliphatic rings. The molecule has 6 rings (SSSR count). The Morgan fingerprint density at radius 2 is 1.72 bits per heavy atom. The number of piperidine rings is 1. The van der Waals surface area contributed by atoms with Crippen LogP contribution in [-0.2, 0) is 14.8 Å². The molecule has 15 heteroatoms. The van der Waals surface area contributed by atoms with Crippen molar-refractivity contribution in [3.8, 4) is 17.1 Å². The Hall–Kier alpha value is -4.66. The van der Waals surface area contributed by atoms with Gasteiger partial charge in [-0.2, -0.15) is 0 Å². The van der Waals surface area contributed by atoms with Crippen LogP contribution in [0, 0.1) is 17.0 Å². The number of amides is 1. The number of halogens is 2. The largest absolute Gasteiger partial charge is 0.480 e. The molecule has 242 valence electrons. The molecule has 0 saturated carbocycles. The lowest BCUT2D eigenvalue weighted by molar-refractivity contribution is -0.0434. The lowest BCUT2D eigenvalue weighted by Crippen LogP contribution is -2.62. The monoisotopic (exact) mass is 653 g/mol. The third kappa shape index (κ3) is 6.10. The first-order chi connectivity index (χ1) is 21.8. The van der Waals surface area contributed by atoms with Crippen molar-refractivity contribution >= 4 is 38.7 Å². The van der Waals surface area contributed by atoms with E-state index in [1.165, 1.54) is 25.7 Å². The molecule has 1 N–H and O–H groups in total. The van der Waals surface area contributed by atoms with Crippen molar-refractivity contribution in [2.45, 2.75) is 44.1 Å². The van der Waals surface area contributed by atoms with E-state index in [2.05, 4.69) is 24.6 Å². The van der Waals surface area contributed by atoms with Gasteiger partial charge in [-0.15, -0.1) is 0 Å². The number of carbonyl (C=O) groups excluding carboxylic acids is 1. The number of sulfonamides is 1. The minimum atomic E-state index is -4.68. The molecule has 12 nitrogen and oxygen atoms in total. The molecule has 4 aromatic rings. The molecule has 3 aromatic heterocycles. The molecule has 0 atom stereocenters. The van der Waals surface area contributed by atoms with Gasteiger partial charge in [0.15, 0.2) is 10.7 Å². The molecule has 0 aliphatic carbocycles. The van der Waals surface area contributed by atoms with Gasteiger partial charge in [0.25, 0.3) is 10.0 Å². The molecule has 2 aliphatic heterocycles. The van der Waals surface area contributed by atoms with Crippen LogP contribution >= 0.6 is 0 Å². The summed E-state index contributed by atoms with van der Waals surface area (Å²) in [4.78, 5) is 33.2. The molecule has 1 spiro atoms. The molecule has 0 unspecified atom stereocenters. The highest BCUT2D eigenvalue weighted by molar-refractivity contribution is 7.92. The fourth-order valence-corrected chi connectivity index (χ4v) is 7.00. The number of nitrogens with zero attached hydrogens (tertiary/aromatic N) is 6. The number of ether oxygens (including phenoxy) is 2. The summed E-state index contributed by atoms with van der Waals surface area (Å²) in [5.74, 6) is -1.92. The highest BCUT2D eigenvalue weighted by Crippen LogP contribution is 2.42. The van der Waals surface area contributed by atoms with Crippen molar-refractivity contribution < 1.29 is 31.5 Å². The van der Waals surface area contributed by atoms with E-state index in [0.29, 0.717) is 54.3 Å². The second kappa shape index (κ2) is 11.6. The number of carbonyl (C=O) groups is 1. The van der Waals surface area contributed by atoms with E-state index in [0.717, 1.165) is 31.0 Å². The van der Waals surface area contributed by atoms with Gasteiger partial charge in [0.05, 0.1) is 18.3 Å². The molecule has 46 heavy (non-hydrogen) atoms. The lowest BCUT2D eigenvalue weighted by Gasteiger charge is -2.53. The first-order valence-electron chi connectivity index (χ1n) is 14.6. The van der Waals surface area contributed by atoms with Gasteiger partial charge in [-0.3, -0.25) is 4.72 Å². The van der Waals surface area contributed by atoms with Crippen molar-refractivity contribution in [2.24, 2.45) is 5.41 Å². The van der Waals surface area contributed by atoms with Crippen LogP contribution in [0.4, 0.5) is 25.1 Å². The first kappa shape index (κ1) is 31.3. The van der Waals surface area contributed by atoms with Crippen molar-refractivity contribution in [1.82, 2.24) is 24.8 Å². The van der Waals surface area contributed by atoms with E-state index in [1.807, 2.05) is 20.8 Å². The quantitative estimate of drug-likeness (QED) is 0.302. The van der Waals surface area contributed by atoms with Crippen molar-refractivity contribution in [1.29, 1.82) is 0 Å². The predicted molar refractivity (Wildman–Crippen MR) is 166 cm³/mol. The molecule has 0 bridgehead atoms. The number of pyridine rings is 2. The SMILES string of the molecule is COc1ncc(-c2ccc3ncnc(N4CCC5(CC4)CN(C(=O)OC(C)(C)C)C5)c3n2)cc1NS(=O)(=O)c1c(F)cccc1F. The number of methoxy groups -OCH3 is 1. The summed E-state index contributed by atoms with van der Waals surface area (Å²) in [6.07, 6.45) is 4.39. The Kier molecular flexibility index (Phi) is 7.90. The normalized spacial score (nSPS) is 16.3. The van der Waals surface area contributed by atoms with E-state index in [4.69, 9.17) is 14.5 Å². The molecular formula is C31H33F2N7O5S. The number of rotatable bonds is 6. The Balaban J connectivity index is 1.23. The third-order valence-corrected chi connectivity index (χ3v) is 9.48. The van der Waals surface area contributed by atoms with Gasteiger partial charge in [0.1, 0.15) is 34.8 Å². The third-order valence-electron chi connectivity index (χ3n) is 8.06.